The third-order valence-electron chi connectivity index (χ3n) is 2.82. The van der Waals surface area contributed by atoms with Gasteiger partial charge in [-0.15, -0.1) is 0 Å². The van der Waals surface area contributed by atoms with Gasteiger partial charge in [-0.05, 0) is 26.3 Å². The molecule has 0 aliphatic carbocycles. The molecule has 108 valence electrons. The van der Waals surface area contributed by atoms with Crippen LogP contribution in [0.4, 0.5) is 0 Å². The molecular weight excluding hydrogens is 250 g/mol. The lowest BCUT2D eigenvalue weighted by Crippen LogP contribution is -2.52. The minimum Gasteiger partial charge on any atom is -0.468 e. The number of rotatable bonds is 9. The van der Waals surface area contributed by atoms with Crippen LogP contribution in [0, 0.1) is 0 Å². The molecule has 0 aromatic heterocycles. The minimum absolute atomic E-state index is 0.159. The van der Waals surface area contributed by atoms with Crippen molar-refractivity contribution in [2.24, 2.45) is 0 Å². The molecule has 0 heterocycles. The van der Waals surface area contributed by atoms with Gasteiger partial charge in [-0.25, -0.2) is 0 Å². The van der Waals surface area contributed by atoms with E-state index in [1.807, 2.05) is 13.8 Å². The minimum atomic E-state index is -0.646. The van der Waals surface area contributed by atoms with Crippen LogP contribution in [0.25, 0.3) is 0 Å². The van der Waals surface area contributed by atoms with E-state index in [-0.39, 0.29) is 23.1 Å². The Kier molecular flexibility index (Phi) is 8.65. The second-order valence-electron chi connectivity index (χ2n) is 4.89. The molecule has 0 radical (unpaired) electrons. The van der Waals surface area contributed by atoms with Crippen molar-refractivity contribution in [3.05, 3.63) is 0 Å². The van der Waals surface area contributed by atoms with Crippen molar-refractivity contribution in [3.8, 4) is 0 Å². The van der Waals surface area contributed by atoms with Gasteiger partial charge >= 0.3 is 5.97 Å². The molecule has 0 aliphatic heterocycles. The molecule has 0 fully saturated rings. The largest absolute Gasteiger partial charge is 0.468 e. The molecule has 0 bridgehead atoms. The summed E-state index contributed by atoms with van der Waals surface area (Å²) in [6.07, 6.45) is 1.66. The normalized spacial score (nSPS) is 17.9. The second-order valence-corrected chi connectivity index (χ2v) is 6.78. The number of hydrogen-bond acceptors (Lipinski definition) is 5. The molecule has 0 saturated heterocycles. The van der Waals surface area contributed by atoms with Crippen LogP contribution in [0.5, 0.6) is 0 Å². The monoisotopic (exact) mass is 277 g/mol. The van der Waals surface area contributed by atoms with Crippen LogP contribution in [0.15, 0.2) is 0 Å². The molecule has 0 spiro atoms. The van der Waals surface area contributed by atoms with Crippen LogP contribution in [0.2, 0.25) is 0 Å². The first-order valence-corrected chi connectivity index (χ1v) is 7.43. The fourth-order valence-corrected chi connectivity index (χ4v) is 3.23. The van der Waals surface area contributed by atoms with E-state index >= 15 is 0 Å². The topological polar surface area (TPSA) is 58.6 Å². The van der Waals surface area contributed by atoms with Crippen LogP contribution in [-0.4, -0.2) is 47.4 Å². The lowest BCUT2D eigenvalue weighted by Gasteiger charge is -2.31. The highest BCUT2D eigenvalue weighted by molar-refractivity contribution is 8.00. The van der Waals surface area contributed by atoms with E-state index in [4.69, 9.17) is 9.84 Å². The van der Waals surface area contributed by atoms with Crippen molar-refractivity contribution in [2.75, 3.05) is 20.3 Å². The summed E-state index contributed by atoms with van der Waals surface area (Å²) in [5, 5.41) is 12.8. The highest BCUT2D eigenvalue weighted by Crippen LogP contribution is 2.26. The fraction of sp³-hybridized carbons (Fsp3) is 0.923. The van der Waals surface area contributed by atoms with Gasteiger partial charge in [0.05, 0.1) is 13.7 Å². The average molecular weight is 277 g/mol. The molecule has 0 amide bonds. The number of hydrogen-bond donors (Lipinski definition) is 2. The Hall–Kier alpha value is -0.260. The lowest BCUT2D eigenvalue weighted by atomic mass is 9.96. The van der Waals surface area contributed by atoms with Crippen molar-refractivity contribution in [2.45, 2.75) is 56.6 Å². The van der Waals surface area contributed by atoms with E-state index in [9.17, 15) is 4.79 Å². The smallest absolute Gasteiger partial charge is 0.325 e. The van der Waals surface area contributed by atoms with Crippen molar-refractivity contribution in [3.63, 3.8) is 0 Å². The van der Waals surface area contributed by atoms with Crippen molar-refractivity contribution >= 4 is 17.7 Å². The van der Waals surface area contributed by atoms with Gasteiger partial charge in [-0.3, -0.25) is 4.79 Å². The van der Waals surface area contributed by atoms with Gasteiger partial charge in [0.25, 0.3) is 0 Å². The average Bonchev–Trinajstić information content (AvgIpc) is 2.34. The van der Waals surface area contributed by atoms with Crippen LogP contribution in [0.3, 0.4) is 0 Å². The quantitative estimate of drug-likeness (QED) is 0.630. The number of methoxy groups -OCH3 is 1. The molecule has 0 aromatic carbocycles. The summed E-state index contributed by atoms with van der Waals surface area (Å²) in [7, 11) is 1.42. The number of thioether (sulfide) groups is 1. The first kappa shape index (κ1) is 17.7. The third kappa shape index (κ3) is 6.07. The first-order chi connectivity index (χ1) is 8.39. The molecule has 18 heavy (non-hydrogen) atoms. The standard InChI is InChI=1S/C13H27NO3S/c1-6-7-14-13(4,12(16)17-5)8-10(2)18-11(3)9-15/h10-11,14-15H,6-9H2,1-5H3. The van der Waals surface area contributed by atoms with Crippen molar-refractivity contribution < 1.29 is 14.6 Å². The molecule has 3 atom stereocenters. The van der Waals surface area contributed by atoms with Crippen LogP contribution >= 0.6 is 11.8 Å². The summed E-state index contributed by atoms with van der Waals surface area (Å²) < 4.78 is 4.88. The summed E-state index contributed by atoms with van der Waals surface area (Å²) in [4.78, 5) is 11.9. The van der Waals surface area contributed by atoms with E-state index in [2.05, 4.69) is 19.2 Å². The van der Waals surface area contributed by atoms with Crippen LogP contribution in [0.1, 0.15) is 40.5 Å². The zero-order chi connectivity index (χ0) is 14.2. The molecular formula is C13H27NO3S. The third-order valence-corrected chi connectivity index (χ3v) is 4.06. The van der Waals surface area contributed by atoms with Gasteiger partial charge in [0, 0.05) is 10.5 Å². The van der Waals surface area contributed by atoms with E-state index in [1.165, 1.54) is 7.11 Å². The number of aliphatic hydroxyl groups is 1. The molecule has 3 unspecified atom stereocenters. The maximum atomic E-state index is 11.9. The summed E-state index contributed by atoms with van der Waals surface area (Å²) in [6, 6.07) is 0. The summed E-state index contributed by atoms with van der Waals surface area (Å²) in [6.45, 7) is 8.96. The van der Waals surface area contributed by atoms with Gasteiger partial charge in [-0.2, -0.15) is 11.8 Å². The lowest BCUT2D eigenvalue weighted by molar-refractivity contribution is -0.148. The van der Waals surface area contributed by atoms with Gasteiger partial charge in [0.2, 0.25) is 0 Å². The summed E-state index contributed by atoms with van der Waals surface area (Å²) in [5.41, 5.74) is -0.646. The predicted octanol–water partition coefficient (Wildman–Crippen LogP) is 1.81. The number of esters is 1. The summed E-state index contributed by atoms with van der Waals surface area (Å²) >= 11 is 1.69. The number of nitrogens with one attached hydrogen (secondary N) is 1. The van der Waals surface area contributed by atoms with Crippen LogP contribution < -0.4 is 5.32 Å². The Morgan fingerprint density at radius 2 is 2.06 bits per heavy atom. The number of aliphatic hydroxyl groups excluding tert-OH is 1. The SMILES string of the molecule is CCCNC(C)(CC(C)SC(C)CO)C(=O)OC. The molecule has 4 nitrogen and oxygen atoms in total. The molecule has 0 rings (SSSR count). The predicted molar refractivity (Wildman–Crippen MR) is 76.9 cm³/mol. The highest BCUT2D eigenvalue weighted by Gasteiger charge is 2.35. The van der Waals surface area contributed by atoms with E-state index in [0.29, 0.717) is 6.42 Å². The number of ether oxygens (including phenoxy) is 1. The van der Waals surface area contributed by atoms with Crippen molar-refractivity contribution in [1.29, 1.82) is 0 Å². The molecule has 0 saturated carbocycles. The second kappa shape index (κ2) is 8.77. The molecule has 2 N–H and O–H groups in total. The molecule has 5 heteroatoms. The maximum Gasteiger partial charge on any atom is 0.325 e. The zero-order valence-electron chi connectivity index (χ0n) is 12.2. The van der Waals surface area contributed by atoms with Crippen LogP contribution in [-0.2, 0) is 9.53 Å². The van der Waals surface area contributed by atoms with Gasteiger partial charge < -0.3 is 15.2 Å². The van der Waals surface area contributed by atoms with Gasteiger partial charge in [0.1, 0.15) is 5.54 Å². The Balaban J connectivity index is 4.52. The fourth-order valence-electron chi connectivity index (χ4n) is 1.92. The highest BCUT2D eigenvalue weighted by atomic mass is 32.2. The van der Waals surface area contributed by atoms with Crippen molar-refractivity contribution in [1.82, 2.24) is 5.32 Å². The number of carbonyl (C=O) groups excluding carboxylic acids is 1. The summed E-state index contributed by atoms with van der Waals surface area (Å²) in [5.74, 6) is -0.222. The van der Waals surface area contributed by atoms with Gasteiger partial charge in [-0.1, -0.05) is 20.8 Å². The van der Waals surface area contributed by atoms with E-state index in [0.717, 1.165) is 13.0 Å². The Morgan fingerprint density at radius 1 is 1.44 bits per heavy atom. The Labute approximate surface area is 115 Å². The first-order valence-electron chi connectivity index (χ1n) is 6.49. The van der Waals surface area contributed by atoms with E-state index in [1.54, 1.807) is 11.8 Å². The molecule has 0 aromatic rings. The van der Waals surface area contributed by atoms with Gasteiger partial charge in [0.15, 0.2) is 0 Å². The Morgan fingerprint density at radius 3 is 2.50 bits per heavy atom. The number of carbonyl (C=O) groups is 1. The Bertz CT molecular complexity index is 250. The van der Waals surface area contributed by atoms with E-state index < -0.39 is 5.54 Å². The zero-order valence-corrected chi connectivity index (χ0v) is 13.0. The maximum absolute atomic E-state index is 11.9. The molecule has 0 aliphatic rings.